The number of nitrogens with zero attached hydrogens (tertiary/aromatic N) is 6. The number of hydrogen-bond acceptors (Lipinski definition) is 8. The van der Waals surface area contributed by atoms with Gasteiger partial charge in [-0.2, -0.15) is 0 Å². The van der Waals surface area contributed by atoms with Crippen molar-refractivity contribution in [3.05, 3.63) is 81.7 Å². The number of aromatic carboxylic acids is 1. The number of benzene rings is 1. The highest BCUT2D eigenvalue weighted by molar-refractivity contribution is 5.92. The van der Waals surface area contributed by atoms with Crippen LogP contribution in [0.5, 0.6) is 0 Å². The van der Waals surface area contributed by atoms with Crippen LogP contribution in [0, 0.1) is 5.82 Å². The van der Waals surface area contributed by atoms with Gasteiger partial charge in [0.25, 0.3) is 0 Å². The number of anilines is 1. The van der Waals surface area contributed by atoms with Crippen molar-refractivity contribution in [2.75, 3.05) is 18.6 Å². The third-order valence-corrected chi connectivity index (χ3v) is 7.29. The zero-order chi connectivity index (χ0) is 27.3. The number of hydrogen-bond donors (Lipinski definition) is 1. The van der Waals surface area contributed by atoms with E-state index in [9.17, 15) is 19.5 Å². The lowest BCUT2D eigenvalue weighted by molar-refractivity contribution is -0.142. The summed E-state index contributed by atoms with van der Waals surface area (Å²) in [6.45, 7) is 0.199. The molecule has 0 spiro atoms. The predicted molar refractivity (Wildman–Crippen MR) is 137 cm³/mol. The van der Waals surface area contributed by atoms with E-state index < -0.39 is 34.8 Å². The summed E-state index contributed by atoms with van der Waals surface area (Å²) in [5.41, 5.74) is 0.785. The lowest BCUT2D eigenvalue weighted by Crippen LogP contribution is -2.38. The zero-order valence-electron chi connectivity index (χ0n) is 21.0. The Morgan fingerprint density at radius 3 is 2.62 bits per heavy atom. The Hall–Kier alpha value is -4.61. The van der Waals surface area contributed by atoms with Crippen molar-refractivity contribution in [2.45, 2.75) is 43.8 Å². The summed E-state index contributed by atoms with van der Waals surface area (Å²) in [4.78, 5) is 43.3. The van der Waals surface area contributed by atoms with Gasteiger partial charge in [-0.05, 0) is 24.5 Å². The predicted octanol–water partition coefficient (Wildman–Crippen LogP) is 2.74. The second-order valence-corrected chi connectivity index (χ2v) is 9.91. The molecule has 39 heavy (non-hydrogen) atoms. The van der Waals surface area contributed by atoms with E-state index in [0.29, 0.717) is 6.42 Å². The summed E-state index contributed by atoms with van der Waals surface area (Å²) in [5.74, 6) is -2.87. The third kappa shape index (κ3) is 4.51. The molecule has 4 heterocycles. The minimum atomic E-state index is -1.38. The van der Waals surface area contributed by atoms with Crippen LogP contribution in [0.4, 0.5) is 10.2 Å². The van der Waals surface area contributed by atoms with Crippen LogP contribution < -0.4 is 10.3 Å². The van der Waals surface area contributed by atoms with Gasteiger partial charge in [0.15, 0.2) is 11.6 Å². The van der Waals surface area contributed by atoms with E-state index in [-0.39, 0.29) is 41.9 Å². The van der Waals surface area contributed by atoms with Crippen molar-refractivity contribution in [1.82, 2.24) is 24.5 Å². The van der Waals surface area contributed by atoms with E-state index in [1.54, 1.807) is 9.25 Å². The smallest absolute Gasteiger partial charge is 0.341 e. The molecule has 0 amide bonds. The Morgan fingerprint density at radius 1 is 1.15 bits per heavy atom. The van der Waals surface area contributed by atoms with Gasteiger partial charge in [0.2, 0.25) is 5.43 Å². The largest absolute Gasteiger partial charge is 0.477 e. The molecule has 0 bridgehead atoms. The molecule has 2 fully saturated rings. The molecule has 3 aromatic heterocycles. The van der Waals surface area contributed by atoms with Crippen molar-refractivity contribution in [3.63, 3.8) is 0 Å². The first kappa shape index (κ1) is 24.7. The van der Waals surface area contributed by atoms with Crippen molar-refractivity contribution in [3.8, 4) is 0 Å². The van der Waals surface area contributed by atoms with Crippen molar-refractivity contribution < 1.29 is 23.8 Å². The number of aromatic nitrogens is 5. The number of ether oxygens (including phenoxy) is 1. The topological polar surface area (TPSA) is 132 Å². The Balaban J connectivity index is 1.37. The molecular formula is C27H25FN6O5. The first-order chi connectivity index (χ1) is 18.8. The second-order valence-electron chi connectivity index (χ2n) is 9.91. The van der Waals surface area contributed by atoms with Crippen molar-refractivity contribution >= 4 is 28.8 Å². The van der Waals surface area contributed by atoms with Gasteiger partial charge >= 0.3 is 11.9 Å². The molecule has 1 N–H and O–H groups in total. The van der Waals surface area contributed by atoms with Crippen molar-refractivity contribution in [1.29, 1.82) is 0 Å². The number of esters is 1. The monoisotopic (exact) mass is 532 g/mol. The summed E-state index contributed by atoms with van der Waals surface area (Å²) >= 11 is 0. The number of carboxylic acid groups (broad SMARTS) is 1. The van der Waals surface area contributed by atoms with Gasteiger partial charge in [0.1, 0.15) is 17.3 Å². The van der Waals surface area contributed by atoms with Gasteiger partial charge in [0, 0.05) is 37.8 Å². The molecule has 6 rings (SSSR count). The number of carbonyl (C=O) groups excluding carboxylic acids is 1. The fourth-order valence-corrected chi connectivity index (χ4v) is 5.20. The molecule has 1 aromatic carbocycles. The van der Waals surface area contributed by atoms with Crippen LogP contribution >= 0.6 is 0 Å². The normalized spacial score (nSPS) is 19.0. The van der Waals surface area contributed by atoms with Crippen LogP contribution in [0.1, 0.15) is 53.0 Å². The van der Waals surface area contributed by atoms with E-state index in [4.69, 9.17) is 4.74 Å². The van der Waals surface area contributed by atoms with Gasteiger partial charge in [-0.25, -0.2) is 23.6 Å². The molecule has 2 atom stereocenters. The summed E-state index contributed by atoms with van der Waals surface area (Å²) in [7, 11) is 1.27. The van der Waals surface area contributed by atoms with Gasteiger partial charge in [-0.15, -0.1) is 5.10 Å². The Kier molecular flexibility index (Phi) is 6.09. The van der Waals surface area contributed by atoms with Crippen LogP contribution in [0.15, 0.2) is 53.6 Å². The fraction of sp³-hybridized carbons (Fsp3) is 0.333. The summed E-state index contributed by atoms with van der Waals surface area (Å²) < 4.78 is 23.9. The van der Waals surface area contributed by atoms with Crippen molar-refractivity contribution in [2.24, 2.45) is 0 Å². The Morgan fingerprint density at radius 2 is 1.92 bits per heavy atom. The molecule has 0 radical (unpaired) electrons. The summed E-state index contributed by atoms with van der Waals surface area (Å²) in [6.07, 6.45) is 5.55. The molecule has 1 aliphatic carbocycles. The average Bonchev–Trinajstić information content (AvgIpc) is 3.51. The van der Waals surface area contributed by atoms with Gasteiger partial charge in [-0.3, -0.25) is 4.79 Å². The second kappa shape index (κ2) is 9.61. The molecule has 2 aliphatic rings. The Labute approximate surface area is 221 Å². The number of carboxylic acids is 1. The lowest BCUT2D eigenvalue weighted by atomic mass is 10.1. The van der Waals surface area contributed by atoms with Gasteiger partial charge in [0.05, 0.1) is 24.2 Å². The van der Waals surface area contributed by atoms with E-state index >= 15 is 4.39 Å². The highest BCUT2D eigenvalue weighted by Gasteiger charge is 2.41. The molecule has 11 nitrogen and oxygen atoms in total. The van der Waals surface area contributed by atoms with Crippen LogP contribution in [0.3, 0.4) is 0 Å². The highest BCUT2D eigenvalue weighted by atomic mass is 19.1. The van der Waals surface area contributed by atoms with Crippen LogP contribution in [-0.2, 0) is 16.0 Å². The molecular weight excluding hydrogens is 507 g/mol. The molecule has 200 valence electrons. The lowest BCUT2D eigenvalue weighted by Gasteiger charge is -2.24. The number of carbonyl (C=O) groups is 2. The molecule has 1 aliphatic heterocycles. The maximum Gasteiger partial charge on any atom is 0.341 e. The number of rotatable bonds is 7. The van der Waals surface area contributed by atoms with Gasteiger partial charge < -0.3 is 19.3 Å². The number of pyridine rings is 2. The SMILES string of the molecule is COC(=O)[C@@H]1C[C@@H](n2cc(Cc3ccccc3)nn2)CN1c1nc2c(cc1F)c(=O)c(C(=O)O)cn2C1CC1. The molecule has 1 saturated carbocycles. The number of halogens is 1. The molecule has 4 aromatic rings. The minimum Gasteiger partial charge on any atom is -0.477 e. The maximum absolute atomic E-state index is 15.6. The quantitative estimate of drug-likeness (QED) is 0.357. The zero-order valence-corrected chi connectivity index (χ0v) is 21.0. The van der Waals surface area contributed by atoms with Crippen LogP contribution in [0.2, 0.25) is 0 Å². The molecule has 0 unspecified atom stereocenters. The maximum atomic E-state index is 15.6. The van der Waals surface area contributed by atoms with E-state index in [1.807, 2.05) is 36.5 Å². The third-order valence-electron chi connectivity index (χ3n) is 7.29. The number of methoxy groups -OCH3 is 1. The van der Waals surface area contributed by atoms with E-state index in [0.717, 1.165) is 30.2 Å². The molecule has 12 heteroatoms. The van der Waals surface area contributed by atoms with Crippen LogP contribution in [-0.4, -0.2) is 61.3 Å². The summed E-state index contributed by atoms with van der Waals surface area (Å²) in [6, 6.07) is 9.66. The fourth-order valence-electron chi connectivity index (χ4n) is 5.20. The Bertz CT molecular complexity index is 1650. The summed E-state index contributed by atoms with van der Waals surface area (Å²) in [5, 5.41) is 17.9. The van der Waals surface area contributed by atoms with Gasteiger partial charge in [-0.1, -0.05) is 35.5 Å². The van der Waals surface area contributed by atoms with Crippen LogP contribution in [0.25, 0.3) is 11.0 Å². The minimum absolute atomic E-state index is 0.0297. The first-order valence-electron chi connectivity index (χ1n) is 12.6. The van der Waals surface area contributed by atoms with E-state index in [1.165, 1.54) is 18.2 Å². The van der Waals surface area contributed by atoms with E-state index in [2.05, 4.69) is 15.3 Å². The highest BCUT2D eigenvalue weighted by Crippen LogP contribution is 2.38. The number of fused-ring (bicyclic) bond motifs is 1. The molecule has 1 saturated heterocycles. The first-order valence-corrected chi connectivity index (χ1v) is 12.6. The average molecular weight is 533 g/mol. The standard InChI is InChI=1S/C27H25FN6O5/c1-39-27(38)22-10-18(34-12-16(30-31-34)9-15-5-3-2-4-6-15)13-33(22)25-21(28)11-19-23(35)20(26(36)37)14-32(17-7-8-17)24(19)29-25/h2-6,11-12,14,17-18,22H,7-10,13H2,1H3,(H,36,37)/t18-,22+/m1/s1.